The maximum atomic E-state index is 13.1. The van der Waals surface area contributed by atoms with Crippen LogP contribution in [0, 0.1) is 17.8 Å². The molecule has 2 aliphatic rings. The monoisotopic (exact) mass is 414 g/mol. The fourth-order valence-electron chi connectivity index (χ4n) is 4.36. The van der Waals surface area contributed by atoms with Gasteiger partial charge in [-0.05, 0) is 25.2 Å². The molecule has 2 rings (SSSR count). The van der Waals surface area contributed by atoms with Crippen molar-refractivity contribution in [2.45, 2.75) is 50.7 Å². The second-order valence-corrected chi connectivity index (χ2v) is 7.32. The summed E-state index contributed by atoms with van der Waals surface area (Å²) < 4.78 is 25.8. The van der Waals surface area contributed by atoms with Crippen LogP contribution in [0.1, 0.15) is 44.9 Å². The summed E-state index contributed by atoms with van der Waals surface area (Å²) in [5.74, 6) is -5.54. The van der Waals surface area contributed by atoms with Crippen LogP contribution in [0.2, 0.25) is 0 Å². The molecule has 0 bridgehead atoms. The van der Waals surface area contributed by atoms with Gasteiger partial charge in [0, 0.05) is 19.3 Å². The summed E-state index contributed by atoms with van der Waals surface area (Å²) in [6.45, 7) is 0.716. The topological polar surface area (TPSA) is 114 Å². The highest BCUT2D eigenvalue weighted by Gasteiger charge is 2.60. The summed E-state index contributed by atoms with van der Waals surface area (Å²) in [5, 5.41) is 0. The van der Waals surface area contributed by atoms with E-state index < -0.39 is 35.5 Å². The lowest BCUT2D eigenvalue weighted by molar-refractivity contribution is -0.193. The van der Waals surface area contributed by atoms with Crippen LogP contribution in [0.25, 0.3) is 0 Å². The van der Waals surface area contributed by atoms with Gasteiger partial charge in [0.2, 0.25) is 0 Å². The van der Waals surface area contributed by atoms with Gasteiger partial charge in [0.05, 0.1) is 40.5 Å². The fourth-order valence-corrected chi connectivity index (χ4v) is 4.36. The summed E-state index contributed by atoms with van der Waals surface area (Å²) in [5.41, 5.74) is 0. The number of hydrogen-bond donors (Lipinski definition) is 0. The number of unbranched alkanes of at least 4 members (excludes halogenated alkanes) is 2. The molecule has 1 saturated carbocycles. The van der Waals surface area contributed by atoms with E-state index in [1.54, 1.807) is 0 Å². The zero-order valence-corrected chi connectivity index (χ0v) is 17.3. The van der Waals surface area contributed by atoms with Crippen molar-refractivity contribution in [1.29, 1.82) is 0 Å². The molecular weight excluding hydrogens is 384 g/mol. The molecule has 0 aromatic carbocycles. The van der Waals surface area contributed by atoms with Crippen molar-refractivity contribution in [1.82, 2.24) is 0 Å². The Bertz CT molecular complexity index is 593. The molecule has 1 aliphatic heterocycles. The van der Waals surface area contributed by atoms with Gasteiger partial charge in [0.1, 0.15) is 5.78 Å². The Kier molecular flexibility index (Phi) is 8.58. The van der Waals surface area contributed by atoms with Crippen LogP contribution in [-0.4, -0.2) is 64.0 Å². The van der Waals surface area contributed by atoms with E-state index in [4.69, 9.17) is 18.9 Å². The Morgan fingerprint density at radius 2 is 1.48 bits per heavy atom. The Hall–Kier alpha value is -2.00. The number of hydrogen-bond acceptors (Lipinski definition) is 9. The summed E-state index contributed by atoms with van der Waals surface area (Å²) in [6.07, 6.45) is 3.26. The molecule has 1 heterocycles. The Morgan fingerprint density at radius 3 is 2.03 bits per heavy atom. The van der Waals surface area contributed by atoms with E-state index >= 15 is 0 Å². The first-order valence-electron chi connectivity index (χ1n) is 9.93. The van der Waals surface area contributed by atoms with Gasteiger partial charge in [0.15, 0.2) is 11.7 Å². The van der Waals surface area contributed by atoms with E-state index in [0.29, 0.717) is 51.7 Å². The van der Waals surface area contributed by atoms with Crippen LogP contribution < -0.4 is 0 Å². The lowest BCUT2D eigenvalue weighted by Gasteiger charge is -2.32. The van der Waals surface area contributed by atoms with Crippen molar-refractivity contribution in [2.75, 3.05) is 34.5 Å². The van der Waals surface area contributed by atoms with E-state index in [1.807, 2.05) is 0 Å². The van der Waals surface area contributed by atoms with Crippen molar-refractivity contribution in [3.05, 3.63) is 0 Å². The van der Waals surface area contributed by atoms with Crippen LogP contribution in [0.15, 0.2) is 0 Å². The first-order valence-corrected chi connectivity index (χ1v) is 9.93. The fraction of sp³-hybridized carbons (Fsp3) is 0.800. The third kappa shape index (κ3) is 5.33. The molecule has 0 amide bonds. The molecule has 164 valence electrons. The summed E-state index contributed by atoms with van der Waals surface area (Å²) in [7, 11) is 3.74. The Labute approximate surface area is 170 Å². The quantitative estimate of drug-likeness (QED) is 0.226. The smallest absolute Gasteiger partial charge is 0.320 e. The molecule has 29 heavy (non-hydrogen) atoms. The first-order chi connectivity index (χ1) is 13.9. The number of esters is 3. The molecule has 1 spiro atoms. The first kappa shape index (κ1) is 23.3. The number of rotatable bonds is 10. The normalized spacial score (nSPS) is 22.6. The molecule has 2 atom stereocenters. The average Bonchev–Trinajstić information content (AvgIpc) is 3.34. The van der Waals surface area contributed by atoms with Crippen molar-refractivity contribution < 1.29 is 42.9 Å². The highest BCUT2D eigenvalue weighted by atomic mass is 16.7. The van der Waals surface area contributed by atoms with Crippen LogP contribution in [0.4, 0.5) is 0 Å². The Balaban J connectivity index is 2.11. The number of ketones is 1. The number of methoxy groups -OCH3 is 3. The van der Waals surface area contributed by atoms with E-state index in [0.717, 1.165) is 0 Å². The summed E-state index contributed by atoms with van der Waals surface area (Å²) >= 11 is 0. The van der Waals surface area contributed by atoms with Gasteiger partial charge >= 0.3 is 17.9 Å². The molecule has 9 nitrogen and oxygen atoms in total. The Morgan fingerprint density at radius 1 is 0.897 bits per heavy atom. The van der Waals surface area contributed by atoms with E-state index in [9.17, 15) is 19.2 Å². The minimum Gasteiger partial charge on any atom is -0.469 e. The average molecular weight is 414 g/mol. The number of ether oxygens (including phenoxy) is 5. The minimum atomic E-state index is -1.20. The molecular formula is C20H30O9. The summed E-state index contributed by atoms with van der Waals surface area (Å²) in [6, 6.07) is 0. The zero-order valence-electron chi connectivity index (χ0n) is 17.3. The standard InChI is InChI=1S/C20H30O9/c1-25-15(22)8-6-4-5-7-14(21)17-13(9-10-20(17)28-11-12-29-20)16(18(23)26-2)19(24)27-3/h13,16-17H,4-12H2,1-3H3/t13-,17+/m1/s1. The van der Waals surface area contributed by atoms with E-state index in [1.165, 1.54) is 21.3 Å². The molecule has 0 radical (unpaired) electrons. The molecule has 0 unspecified atom stereocenters. The van der Waals surface area contributed by atoms with Gasteiger partial charge in [-0.1, -0.05) is 6.42 Å². The van der Waals surface area contributed by atoms with Crippen molar-refractivity contribution in [2.24, 2.45) is 17.8 Å². The van der Waals surface area contributed by atoms with E-state index in [-0.39, 0.29) is 18.2 Å². The molecule has 1 saturated heterocycles. The van der Waals surface area contributed by atoms with Gasteiger partial charge in [0.25, 0.3) is 0 Å². The van der Waals surface area contributed by atoms with Crippen LogP contribution >= 0.6 is 0 Å². The van der Waals surface area contributed by atoms with Gasteiger partial charge < -0.3 is 23.7 Å². The van der Waals surface area contributed by atoms with Gasteiger partial charge in [-0.25, -0.2) is 0 Å². The lowest BCUT2D eigenvalue weighted by atomic mass is 9.78. The minimum absolute atomic E-state index is 0.120. The van der Waals surface area contributed by atoms with Crippen LogP contribution in [-0.2, 0) is 42.9 Å². The number of carbonyl (C=O) groups excluding carboxylic acids is 4. The molecule has 1 aliphatic carbocycles. The third-order valence-corrected chi connectivity index (χ3v) is 5.72. The van der Waals surface area contributed by atoms with Crippen molar-refractivity contribution in [3.8, 4) is 0 Å². The largest absolute Gasteiger partial charge is 0.469 e. The second-order valence-electron chi connectivity index (χ2n) is 7.32. The molecule has 0 aromatic heterocycles. The van der Waals surface area contributed by atoms with Crippen molar-refractivity contribution in [3.63, 3.8) is 0 Å². The second kappa shape index (κ2) is 10.7. The predicted octanol–water partition coefficient (Wildman–Crippen LogP) is 1.41. The van der Waals surface area contributed by atoms with Gasteiger partial charge in [-0.15, -0.1) is 0 Å². The SMILES string of the molecule is COC(=O)CCCCCC(=O)[C@@H]1[C@@H](C(C(=O)OC)C(=O)OC)CCC12OCCO2. The third-order valence-electron chi connectivity index (χ3n) is 5.72. The van der Waals surface area contributed by atoms with Crippen LogP contribution in [0.3, 0.4) is 0 Å². The number of Topliss-reactive ketones (excluding diaryl/α,β-unsaturated/α-hetero) is 1. The molecule has 0 aromatic rings. The van der Waals surface area contributed by atoms with Crippen molar-refractivity contribution >= 4 is 23.7 Å². The zero-order chi connectivity index (χ0) is 21.4. The highest BCUT2D eigenvalue weighted by Crippen LogP contribution is 2.50. The maximum absolute atomic E-state index is 13.1. The van der Waals surface area contributed by atoms with Gasteiger partial charge in [-0.2, -0.15) is 0 Å². The number of carbonyl (C=O) groups is 4. The van der Waals surface area contributed by atoms with Gasteiger partial charge in [-0.3, -0.25) is 19.2 Å². The predicted molar refractivity (Wildman–Crippen MR) is 98.5 cm³/mol. The highest BCUT2D eigenvalue weighted by molar-refractivity contribution is 5.96. The molecule has 0 N–H and O–H groups in total. The van der Waals surface area contributed by atoms with E-state index in [2.05, 4.69) is 4.74 Å². The maximum Gasteiger partial charge on any atom is 0.320 e. The van der Waals surface area contributed by atoms with Crippen LogP contribution in [0.5, 0.6) is 0 Å². The lowest BCUT2D eigenvalue weighted by Crippen LogP contribution is -2.46. The molecule has 9 heteroatoms. The molecule has 2 fully saturated rings. The summed E-state index contributed by atoms with van der Waals surface area (Å²) in [4.78, 5) is 48.9.